The van der Waals surface area contributed by atoms with E-state index in [9.17, 15) is 18.3 Å². The molecule has 1 aliphatic heterocycles. The summed E-state index contributed by atoms with van der Waals surface area (Å²) in [6.07, 6.45) is -5.30. The van der Waals surface area contributed by atoms with Crippen LogP contribution in [0.25, 0.3) is 0 Å². The summed E-state index contributed by atoms with van der Waals surface area (Å²) in [6.45, 7) is 2.28. The normalized spacial score (nSPS) is 18.1. The molecular formula is C13H17Cl2F3N2O. The summed E-state index contributed by atoms with van der Waals surface area (Å²) < 4.78 is 38.5. The molecule has 120 valence electrons. The summed E-state index contributed by atoms with van der Waals surface area (Å²) in [7, 11) is 0. The molecule has 2 rings (SSSR count). The van der Waals surface area contributed by atoms with Gasteiger partial charge >= 0.3 is 6.18 Å². The summed E-state index contributed by atoms with van der Waals surface area (Å²) in [5, 5.41) is 13.3. The van der Waals surface area contributed by atoms with E-state index in [0.29, 0.717) is 31.2 Å². The third-order valence-electron chi connectivity index (χ3n) is 3.37. The van der Waals surface area contributed by atoms with Gasteiger partial charge in [0.1, 0.15) is 5.75 Å². The van der Waals surface area contributed by atoms with Gasteiger partial charge < -0.3 is 10.4 Å². The van der Waals surface area contributed by atoms with Crippen molar-refractivity contribution in [1.29, 1.82) is 0 Å². The fraction of sp³-hybridized carbons (Fsp3) is 0.538. The highest BCUT2D eigenvalue weighted by Gasteiger charge is 2.37. The predicted molar refractivity (Wildman–Crippen MR) is 78.2 cm³/mol. The largest absolute Gasteiger partial charge is 0.508 e. The zero-order chi connectivity index (χ0) is 14.8. The zero-order valence-corrected chi connectivity index (χ0v) is 12.7. The highest BCUT2D eigenvalue weighted by atomic mass is 35.5. The van der Waals surface area contributed by atoms with E-state index in [2.05, 4.69) is 5.32 Å². The van der Waals surface area contributed by atoms with Gasteiger partial charge in [-0.3, -0.25) is 4.90 Å². The van der Waals surface area contributed by atoms with Crippen LogP contribution in [0.4, 0.5) is 13.2 Å². The smallest absolute Gasteiger partial charge is 0.390 e. The van der Waals surface area contributed by atoms with Crippen LogP contribution in [0, 0.1) is 0 Å². The van der Waals surface area contributed by atoms with Gasteiger partial charge in [0.15, 0.2) is 0 Å². The van der Waals surface area contributed by atoms with Crippen molar-refractivity contribution < 1.29 is 18.3 Å². The summed E-state index contributed by atoms with van der Waals surface area (Å²) in [6, 6.07) is 3.30. The molecule has 1 heterocycles. The van der Waals surface area contributed by atoms with E-state index in [-0.39, 0.29) is 23.7 Å². The lowest BCUT2D eigenvalue weighted by Gasteiger charge is -2.36. The number of halogens is 5. The minimum atomic E-state index is -4.30. The standard InChI is InChI=1S/C13H16ClF3N2O.ClH/c14-9-1-2-12(20)10(7-9)11(8-13(15,16)17)19-5-3-18-4-6-19;/h1-2,7,11,18,20H,3-6,8H2;1H/t11-;/m1./s1. The Bertz CT molecular complexity index is 465. The molecule has 0 radical (unpaired) electrons. The monoisotopic (exact) mass is 344 g/mol. The molecule has 1 fully saturated rings. The molecule has 0 aliphatic carbocycles. The first-order valence-corrected chi connectivity index (χ1v) is 6.74. The first-order chi connectivity index (χ1) is 9.37. The van der Waals surface area contributed by atoms with E-state index < -0.39 is 18.6 Å². The van der Waals surface area contributed by atoms with Crippen molar-refractivity contribution in [3.63, 3.8) is 0 Å². The SMILES string of the molecule is Cl.Oc1ccc(Cl)cc1[C@@H](CC(F)(F)F)N1CCNCC1. The number of nitrogens with one attached hydrogen (secondary N) is 1. The van der Waals surface area contributed by atoms with E-state index in [4.69, 9.17) is 11.6 Å². The van der Waals surface area contributed by atoms with Crippen molar-refractivity contribution in [2.75, 3.05) is 26.2 Å². The minimum absolute atomic E-state index is 0. The van der Waals surface area contributed by atoms with Gasteiger partial charge in [-0.15, -0.1) is 12.4 Å². The molecule has 0 amide bonds. The first kappa shape index (κ1) is 18.4. The first-order valence-electron chi connectivity index (χ1n) is 6.37. The summed E-state index contributed by atoms with van der Waals surface area (Å²) >= 11 is 5.85. The fourth-order valence-electron chi connectivity index (χ4n) is 2.44. The van der Waals surface area contributed by atoms with Crippen molar-refractivity contribution in [3.8, 4) is 5.75 Å². The maximum atomic E-state index is 12.8. The second kappa shape index (κ2) is 7.54. The van der Waals surface area contributed by atoms with Crippen LogP contribution in [0.15, 0.2) is 18.2 Å². The number of hydrogen-bond donors (Lipinski definition) is 2. The van der Waals surface area contributed by atoms with Gasteiger partial charge in [0.2, 0.25) is 0 Å². The van der Waals surface area contributed by atoms with Gasteiger partial charge in [-0.2, -0.15) is 13.2 Å². The van der Waals surface area contributed by atoms with Crippen LogP contribution in [0.5, 0.6) is 5.75 Å². The number of phenolic OH excluding ortho intramolecular Hbond substituents is 1. The molecule has 3 nitrogen and oxygen atoms in total. The van der Waals surface area contributed by atoms with Crippen LogP contribution in [-0.2, 0) is 0 Å². The number of hydrogen-bond acceptors (Lipinski definition) is 3. The quantitative estimate of drug-likeness (QED) is 0.882. The van der Waals surface area contributed by atoms with Crippen molar-refractivity contribution in [2.45, 2.75) is 18.6 Å². The molecule has 1 aromatic rings. The molecule has 0 unspecified atom stereocenters. The maximum Gasteiger partial charge on any atom is 0.390 e. The molecule has 0 bridgehead atoms. The Morgan fingerprint density at radius 3 is 2.48 bits per heavy atom. The van der Waals surface area contributed by atoms with E-state index in [1.807, 2.05) is 0 Å². The highest BCUT2D eigenvalue weighted by Crippen LogP contribution is 2.38. The molecule has 1 atom stereocenters. The van der Waals surface area contributed by atoms with Gasteiger partial charge in [0.05, 0.1) is 6.42 Å². The van der Waals surface area contributed by atoms with Crippen LogP contribution in [0.1, 0.15) is 18.0 Å². The van der Waals surface area contributed by atoms with Gasteiger partial charge in [0.25, 0.3) is 0 Å². The lowest BCUT2D eigenvalue weighted by atomic mass is 10.00. The van der Waals surface area contributed by atoms with Gasteiger partial charge in [-0.25, -0.2) is 0 Å². The molecule has 1 aliphatic rings. The Morgan fingerprint density at radius 1 is 1.29 bits per heavy atom. The van der Waals surface area contributed by atoms with Crippen LogP contribution in [-0.4, -0.2) is 42.4 Å². The maximum absolute atomic E-state index is 12.8. The van der Waals surface area contributed by atoms with Crippen molar-refractivity contribution in [3.05, 3.63) is 28.8 Å². The van der Waals surface area contributed by atoms with Crippen molar-refractivity contribution in [1.82, 2.24) is 10.2 Å². The molecule has 1 aromatic carbocycles. The third kappa shape index (κ3) is 5.21. The molecule has 0 spiro atoms. The van der Waals surface area contributed by atoms with Crippen LogP contribution in [0.2, 0.25) is 5.02 Å². The summed E-state index contributed by atoms with van der Waals surface area (Å²) in [4.78, 5) is 1.73. The Labute approximate surface area is 132 Å². The minimum Gasteiger partial charge on any atom is -0.508 e. The molecule has 0 aromatic heterocycles. The molecule has 2 N–H and O–H groups in total. The molecule has 21 heavy (non-hydrogen) atoms. The Hall–Kier alpha value is -0.690. The van der Waals surface area contributed by atoms with E-state index >= 15 is 0 Å². The average Bonchev–Trinajstić information content (AvgIpc) is 2.39. The lowest BCUT2D eigenvalue weighted by Crippen LogP contribution is -2.46. The molecule has 0 saturated carbocycles. The van der Waals surface area contributed by atoms with Crippen LogP contribution in [0.3, 0.4) is 0 Å². The second-order valence-electron chi connectivity index (χ2n) is 4.82. The number of aromatic hydroxyl groups is 1. The Balaban J connectivity index is 0.00000220. The van der Waals surface area contributed by atoms with Crippen LogP contribution < -0.4 is 5.32 Å². The summed E-state index contributed by atoms with van der Waals surface area (Å²) in [5.41, 5.74) is 0.233. The van der Waals surface area contributed by atoms with Gasteiger partial charge in [-0.05, 0) is 18.2 Å². The number of piperazine rings is 1. The molecule has 8 heteroatoms. The fourth-order valence-corrected chi connectivity index (χ4v) is 2.62. The number of rotatable bonds is 3. The second-order valence-corrected chi connectivity index (χ2v) is 5.26. The lowest BCUT2D eigenvalue weighted by molar-refractivity contribution is -0.148. The van der Waals surface area contributed by atoms with E-state index in [0.717, 1.165) is 0 Å². The average molecular weight is 345 g/mol. The van der Waals surface area contributed by atoms with E-state index in [1.165, 1.54) is 18.2 Å². The topological polar surface area (TPSA) is 35.5 Å². The molecule has 1 saturated heterocycles. The molecular weight excluding hydrogens is 328 g/mol. The van der Waals surface area contributed by atoms with Crippen molar-refractivity contribution >= 4 is 24.0 Å². The van der Waals surface area contributed by atoms with E-state index in [1.54, 1.807) is 4.90 Å². The van der Waals surface area contributed by atoms with Crippen molar-refractivity contribution in [2.24, 2.45) is 0 Å². The van der Waals surface area contributed by atoms with Gasteiger partial charge in [-0.1, -0.05) is 11.6 Å². The Morgan fingerprint density at radius 2 is 1.90 bits per heavy atom. The predicted octanol–water partition coefficient (Wildman–Crippen LogP) is 3.37. The van der Waals surface area contributed by atoms with Gasteiger partial charge in [0, 0.05) is 42.8 Å². The van der Waals surface area contributed by atoms with Crippen LogP contribution >= 0.6 is 24.0 Å². The number of benzene rings is 1. The third-order valence-corrected chi connectivity index (χ3v) is 3.60. The highest BCUT2D eigenvalue weighted by molar-refractivity contribution is 6.30. The zero-order valence-electron chi connectivity index (χ0n) is 11.2. The number of phenols is 1. The number of nitrogens with zero attached hydrogens (tertiary/aromatic N) is 1. The number of alkyl halides is 3. The summed E-state index contributed by atoms with van der Waals surface area (Å²) in [5.74, 6) is -0.151. The Kier molecular flexibility index (Phi) is 6.59.